The molecule has 138 valence electrons. The number of rotatable bonds is 10. The highest BCUT2D eigenvalue weighted by molar-refractivity contribution is 5.81. The van der Waals surface area contributed by atoms with Crippen molar-refractivity contribution in [1.82, 2.24) is 10.6 Å². The third kappa shape index (κ3) is 4.85. The van der Waals surface area contributed by atoms with Crippen LogP contribution in [-0.2, 0) is 17.0 Å². The van der Waals surface area contributed by atoms with Crippen LogP contribution in [0.15, 0.2) is 34.5 Å². The quantitative estimate of drug-likeness (QED) is 0.632. The molecule has 1 aliphatic rings. The number of hydrogen-bond donors (Lipinski definition) is 2. The Balaban J connectivity index is 1.70. The number of hydrogen-bond acceptors (Lipinski definition) is 5. The Kier molecular flexibility index (Phi) is 6.29. The van der Waals surface area contributed by atoms with E-state index in [9.17, 15) is 18.0 Å². The molecule has 0 fully saturated rings. The molecule has 5 nitrogen and oxygen atoms in total. The van der Waals surface area contributed by atoms with Crippen molar-refractivity contribution >= 4 is 5.78 Å². The van der Waals surface area contributed by atoms with Crippen molar-refractivity contribution in [3.8, 4) is 0 Å². The monoisotopic (exact) mass is 356 g/mol. The average Bonchev–Trinajstić information content (AvgIpc) is 3.36. The topological polar surface area (TPSA) is 65.8 Å². The van der Waals surface area contributed by atoms with E-state index in [1.807, 2.05) is 0 Å². The van der Waals surface area contributed by atoms with Crippen LogP contribution in [0.5, 0.6) is 0 Å². The summed E-state index contributed by atoms with van der Waals surface area (Å²) in [6, 6.07) is 6.08. The lowest BCUT2D eigenvalue weighted by Crippen LogP contribution is -2.32. The third-order valence-electron chi connectivity index (χ3n) is 4.32. The first-order valence-corrected chi connectivity index (χ1v) is 8.29. The summed E-state index contributed by atoms with van der Waals surface area (Å²) in [6.07, 6.45) is -1.83. The predicted octanol–water partition coefficient (Wildman–Crippen LogP) is 3.30. The first-order valence-electron chi connectivity index (χ1n) is 8.29. The van der Waals surface area contributed by atoms with Crippen molar-refractivity contribution in [2.24, 2.45) is 10.2 Å². The van der Waals surface area contributed by atoms with Gasteiger partial charge in [0.2, 0.25) is 0 Å². The van der Waals surface area contributed by atoms with Crippen molar-refractivity contribution in [2.45, 2.75) is 50.6 Å². The molecule has 0 bridgehead atoms. The number of carbonyl (C=O) groups is 1. The molecule has 1 atom stereocenters. The first-order chi connectivity index (χ1) is 11.8. The van der Waals surface area contributed by atoms with Crippen LogP contribution in [0.2, 0.25) is 0 Å². The van der Waals surface area contributed by atoms with Crippen LogP contribution in [0.25, 0.3) is 0 Å². The van der Waals surface area contributed by atoms with Crippen molar-refractivity contribution in [3.05, 3.63) is 35.4 Å². The second kappa shape index (κ2) is 8.05. The zero-order chi connectivity index (χ0) is 18.5. The first kappa shape index (κ1) is 19.5. The molecular formula is C17H23F3N4O. The number of likely N-dealkylation sites (N-methyl/N-ethyl adjacent to an activating group) is 1. The zero-order valence-electron chi connectivity index (χ0n) is 14.4. The Morgan fingerprint density at radius 1 is 1.20 bits per heavy atom. The maximum Gasteiger partial charge on any atom is 0.442 e. The van der Waals surface area contributed by atoms with Crippen LogP contribution in [0.4, 0.5) is 13.2 Å². The molecule has 0 aliphatic carbocycles. The Labute approximate surface area is 145 Å². The highest BCUT2D eigenvalue weighted by atomic mass is 19.4. The second-order valence-electron chi connectivity index (χ2n) is 6.19. The summed E-state index contributed by atoms with van der Waals surface area (Å²) in [5.74, 6) is 0.140. The highest BCUT2D eigenvalue weighted by Crippen LogP contribution is 2.52. The SMILES string of the molecule is CNC(CCCCNCc1ccc(C2(C(F)(F)F)N=N2)cc1)C(C)=O. The average molecular weight is 356 g/mol. The van der Waals surface area contributed by atoms with Gasteiger partial charge in [-0.05, 0) is 38.9 Å². The molecule has 1 aromatic carbocycles. The van der Waals surface area contributed by atoms with E-state index in [1.165, 1.54) is 12.1 Å². The molecule has 0 saturated heterocycles. The third-order valence-corrected chi connectivity index (χ3v) is 4.32. The fourth-order valence-electron chi connectivity index (χ4n) is 2.68. The number of nitrogens with one attached hydrogen (secondary N) is 2. The summed E-state index contributed by atoms with van der Waals surface area (Å²) < 4.78 is 38.7. The lowest BCUT2D eigenvalue weighted by molar-refractivity contribution is -0.166. The Morgan fingerprint density at radius 3 is 2.32 bits per heavy atom. The fourth-order valence-corrected chi connectivity index (χ4v) is 2.68. The second-order valence-corrected chi connectivity index (χ2v) is 6.19. The van der Waals surface area contributed by atoms with E-state index in [0.29, 0.717) is 6.54 Å². The molecule has 0 aromatic heterocycles. The molecule has 1 heterocycles. The summed E-state index contributed by atoms with van der Waals surface area (Å²) in [5.41, 5.74) is -1.40. The van der Waals surface area contributed by atoms with Crippen molar-refractivity contribution < 1.29 is 18.0 Å². The van der Waals surface area contributed by atoms with Crippen LogP contribution in [0, 0.1) is 0 Å². The molecule has 0 saturated carbocycles. The Bertz CT molecular complexity index is 607. The van der Waals surface area contributed by atoms with Crippen LogP contribution in [0.3, 0.4) is 0 Å². The number of alkyl halides is 3. The van der Waals surface area contributed by atoms with Gasteiger partial charge in [0.15, 0.2) is 0 Å². The number of ketones is 1. The zero-order valence-corrected chi connectivity index (χ0v) is 14.4. The molecule has 25 heavy (non-hydrogen) atoms. The maximum absolute atomic E-state index is 12.9. The van der Waals surface area contributed by atoms with Gasteiger partial charge in [-0.3, -0.25) is 4.79 Å². The van der Waals surface area contributed by atoms with Crippen LogP contribution in [0.1, 0.15) is 37.3 Å². The van der Waals surface area contributed by atoms with Gasteiger partial charge >= 0.3 is 11.8 Å². The van der Waals surface area contributed by atoms with Gasteiger partial charge in [0.05, 0.1) is 6.04 Å². The van der Waals surface area contributed by atoms with Crippen LogP contribution < -0.4 is 10.6 Å². The minimum absolute atomic E-state index is 0.0473. The minimum Gasteiger partial charge on any atom is -0.313 e. The maximum atomic E-state index is 12.9. The number of Topliss-reactive ketones (excluding diaryl/α,β-unsaturated/α-hetero) is 1. The van der Waals surface area contributed by atoms with Gasteiger partial charge < -0.3 is 10.6 Å². The number of nitrogens with zero attached hydrogens (tertiary/aromatic N) is 2. The lowest BCUT2D eigenvalue weighted by atomic mass is 10.0. The molecular weight excluding hydrogens is 333 g/mol. The van der Waals surface area contributed by atoms with Gasteiger partial charge in [-0.2, -0.15) is 13.2 Å². The van der Waals surface area contributed by atoms with Crippen molar-refractivity contribution in [1.29, 1.82) is 0 Å². The number of halogens is 3. The molecule has 0 spiro atoms. The van der Waals surface area contributed by atoms with E-state index < -0.39 is 11.8 Å². The molecule has 8 heteroatoms. The molecule has 0 amide bonds. The van der Waals surface area contributed by atoms with Crippen molar-refractivity contribution in [3.63, 3.8) is 0 Å². The molecule has 2 rings (SSSR count). The number of unbranched alkanes of at least 4 members (excludes halogenated alkanes) is 1. The minimum atomic E-state index is -4.49. The summed E-state index contributed by atoms with van der Waals surface area (Å²) in [4.78, 5) is 11.3. The normalized spacial score (nSPS) is 16.7. The fraction of sp³-hybridized carbons (Fsp3) is 0.588. The van der Waals surface area contributed by atoms with Gasteiger partial charge in [0.1, 0.15) is 5.78 Å². The van der Waals surface area contributed by atoms with Gasteiger partial charge in [0.25, 0.3) is 0 Å². The number of benzene rings is 1. The number of carbonyl (C=O) groups excluding carboxylic acids is 1. The van der Waals surface area contributed by atoms with Crippen molar-refractivity contribution in [2.75, 3.05) is 13.6 Å². The Hall–Kier alpha value is -1.80. The summed E-state index contributed by atoms with van der Waals surface area (Å²) >= 11 is 0. The predicted molar refractivity (Wildman–Crippen MR) is 88.1 cm³/mol. The summed E-state index contributed by atoms with van der Waals surface area (Å²) in [5, 5.41) is 12.6. The van der Waals surface area contributed by atoms with E-state index in [1.54, 1.807) is 26.1 Å². The van der Waals surface area contributed by atoms with E-state index in [0.717, 1.165) is 31.4 Å². The van der Waals surface area contributed by atoms with E-state index in [4.69, 9.17) is 0 Å². The molecule has 1 unspecified atom stereocenters. The highest BCUT2D eigenvalue weighted by Gasteiger charge is 2.65. The van der Waals surface area contributed by atoms with Gasteiger partial charge in [-0.25, -0.2) is 0 Å². The smallest absolute Gasteiger partial charge is 0.313 e. The largest absolute Gasteiger partial charge is 0.442 e. The standard InChI is InChI=1S/C17H23F3N4O/c1-12(25)15(21-2)5-3-4-10-22-11-13-6-8-14(9-7-13)16(23-24-16)17(18,19)20/h6-9,15,21-22H,3-5,10-11H2,1-2H3. The van der Waals surface area contributed by atoms with E-state index in [2.05, 4.69) is 20.9 Å². The summed E-state index contributed by atoms with van der Waals surface area (Å²) in [7, 11) is 1.78. The van der Waals surface area contributed by atoms with E-state index >= 15 is 0 Å². The van der Waals surface area contributed by atoms with Gasteiger partial charge in [0, 0.05) is 12.1 Å². The van der Waals surface area contributed by atoms with Crippen LogP contribution >= 0.6 is 0 Å². The van der Waals surface area contributed by atoms with Crippen LogP contribution in [-0.4, -0.2) is 31.6 Å². The lowest BCUT2D eigenvalue weighted by Gasteiger charge is -2.15. The van der Waals surface area contributed by atoms with Gasteiger partial charge in [-0.15, -0.1) is 10.2 Å². The summed E-state index contributed by atoms with van der Waals surface area (Å²) in [6.45, 7) is 2.94. The molecule has 1 aliphatic heterocycles. The van der Waals surface area contributed by atoms with E-state index in [-0.39, 0.29) is 17.4 Å². The molecule has 0 radical (unpaired) electrons. The molecule has 2 N–H and O–H groups in total. The Morgan fingerprint density at radius 2 is 1.84 bits per heavy atom. The van der Waals surface area contributed by atoms with Gasteiger partial charge in [-0.1, -0.05) is 30.7 Å². The molecule has 1 aromatic rings.